The number of aryl methyl sites for hydroxylation is 1. The van der Waals surface area contributed by atoms with Gasteiger partial charge in [0.2, 0.25) is 0 Å². The number of non-ortho nitro benzene ring substituents is 1. The molecule has 1 aromatic rings. The molecule has 0 saturated carbocycles. The lowest BCUT2D eigenvalue weighted by atomic mass is 10.2. The Kier molecular flexibility index (Phi) is 5.79. The van der Waals surface area contributed by atoms with Gasteiger partial charge < -0.3 is 15.7 Å². The number of aliphatic hydroxyl groups excluding tert-OH is 1. The molecule has 0 aliphatic rings. The summed E-state index contributed by atoms with van der Waals surface area (Å²) in [6.07, 6.45) is 0.478. The molecule has 3 N–H and O–H groups in total. The van der Waals surface area contributed by atoms with Gasteiger partial charge in [-0.25, -0.2) is 0 Å². The van der Waals surface area contributed by atoms with Gasteiger partial charge in [-0.3, -0.25) is 19.7 Å². The molecule has 0 aliphatic heterocycles. The number of carbonyl (C=O) groups is 2. The average Bonchev–Trinajstić information content (AvgIpc) is 2.46. The van der Waals surface area contributed by atoms with Crippen LogP contribution in [0.1, 0.15) is 18.9 Å². The third-order valence-electron chi connectivity index (χ3n) is 2.93. The average molecular weight is 295 g/mol. The van der Waals surface area contributed by atoms with Gasteiger partial charge in [-0.15, -0.1) is 0 Å². The van der Waals surface area contributed by atoms with E-state index in [4.69, 9.17) is 5.11 Å². The van der Waals surface area contributed by atoms with Gasteiger partial charge in [0.15, 0.2) is 0 Å². The number of nitro groups is 1. The molecule has 0 bridgehead atoms. The Morgan fingerprint density at radius 3 is 2.57 bits per heavy atom. The second-order valence-corrected chi connectivity index (χ2v) is 4.47. The van der Waals surface area contributed by atoms with Crippen molar-refractivity contribution in [3.63, 3.8) is 0 Å². The number of nitrogens with one attached hydrogen (secondary N) is 2. The zero-order valence-corrected chi connectivity index (χ0v) is 11.8. The highest BCUT2D eigenvalue weighted by Crippen LogP contribution is 2.21. The maximum absolute atomic E-state index is 11.7. The smallest absolute Gasteiger partial charge is 0.313 e. The Hall–Kier alpha value is -2.48. The van der Waals surface area contributed by atoms with Gasteiger partial charge in [-0.05, 0) is 18.9 Å². The number of rotatable bonds is 5. The fourth-order valence-corrected chi connectivity index (χ4v) is 1.57. The third-order valence-corrected chi connectivity index (χ3v) is 2.93. The van der Waals surface area contributed by atoms with E-state index in [1.54, 1.807) is 13.8 Å². The number of amides is 2. The van der Waals surface area contributed by atoms with E-state index in [0.29, 0.717) is 12.0 Å². The van der Waals surface area contributed by atoms with Gasteiger partial charge in [-0.1, -0.05) is 13.0 Å². The van der Waals surface area contributed by atoms with Gasteiger partial charge in [0.1, 0.15) is 0 Å². The van der Waals surface area contributed by atoms with Crippen LogP contribution in [0.25, 0.3) is 0 Å². The molecular formula is C13H17N3O5. The molecule has 0 heterocycles. The SMILES string of the molecule is CC[C@H](CO)NC(=O)C(=O)Nc1cc([N+](=O)[O-])ccc1C. The summed E-state index contributed by atoms with van der Waals surface area (Å²) in [5.74, 6) is -1.84. The first-order chi connectivity index (χ1) is 9.88. The first-order valence-electron chi connectivity index (χ1n) is 6.36. The van der Waals surface area contributed by atoms with E-state index in [1.165, 1.54) is 18.2 Å². The number of nitro benzene ring substituents is 1. The van der Waals surface area contributed by atoms with E-state index in [9.17, 15) is 19.7 Å². The van der Waals surface area contributed by atoms with Gasteiger partial charge in [0.05, 0.1) is 23.3 Å². The second kappa shape index (κ2) is 7.34. The van der Waals surface area contributed by atoms with Gasteiger partial charge in [0, 0.05) is 12.1 Å². The maximum Gasteiger partial charge on any atom is 0.313 e. The molecule has 2 amide bonds. The van der Waals surface area contributed by atoms with Crippen LogP contribution in [0.15, 0.2) is 18.2 Å². The Morgan fingerprint density at radius 1 is 1.38 bits per heavy atom. The zero-order valence-electron chi connectivity index (χ0n) is 11.8. The maximum atomic E-state index is 11.7. The van der Waals surface area contributed by atoms with Crippen LogP contribution in [0, 0.1) is 17.0 Å². The second-order valence-electron chi connectivity index (χ2n) is 4.47. The number of nitrogens with zero attached hydrogens (tertiary/aromatic N) is 1. The molecule has 1 rings (SSSR count). The summed E-state index contributed by atoms with van der Waals surface area (Å²) >= 11 is 0. The molecule has 1 aromatic carbocycles. The lowest BCUT2D eigenvalue weighted by Crippen LogP contribution is -2.43. The summed E-state index contributed by atoms with van der Waals surface area (Å²) in [4.78, 5) is 33.5. The highest BCUT2D eigenvalue weighted by atomic mass is 16.6. The minimum absolute atomic E-state index is 0.182. The van der Waals surface area contributed by atoms with Crippen LogP contribution < -0.4 is 10.6 Å². The monoisotopic (exact) mass is 295 g/mol. The number of hydrogen-bond acceptors (Lipinski definition) is 5. The van der Waals surface area contributed by atoms with Crippen molar-refractivity contribution in [3.8, 4) is 0 Å². The highest BCUT2D eigenvalue weighted by Gasteiger charge is 2.19. The Balaban J connectivity index is 2.81. The molecule has 8 nitrogen and oxygen atoms in total. The van der Waals surface area contributed by atoms with E-state index in [2.05, 4.69) is 10.6 Å². The zero-order chi connectivity index (χ0) is 16.0. The molecule has 0 aromatic heterocycles. The molecule has 0 radical (unpaired) electrons. The molecule has 0 spiro atoms. The van der Waals surface area contributed by atoms with Crippen LogP contribution in [0.3, 0.4) is 0 Å². The first kappa shape index (κ1) is 16.6. The van der Waals surface area contributed by atoms with Crippen LogP contribution in [0.2, 0.25) is 0 Å². The molecule has 0 fully saturated rings. The summed E-state index contributed by atoms with van der Waals surface area (Å²) < 4.78 is 0. The molecule has 0 saturated heterocycles. The van der Waals surface area contributed by atoms with Crippen LogP contribution in [-0.4, -0.2) is 34.5 Å². The van der Waals surface area contributed by atoms with Crippen molar-refractivity contribution >= 4 is 23.2 Å². The van der Waals surface area contributed by atoms with Crippen molar-refractivity contribution in [1.82, 2.24) is 5.32 Å². The Morgan fingerprint density at radius 2 is 2.05 bits per heavy atom. The standard InChI is InChI=1S/C13H17N3O5/c1-3-9(7-17)14-12(18)13(19)15-11-6-10(16(20)21)5-4-8(11)2/h4-6,9,17H,3,7H2,1-2H3,(H,14,18)(H,15,19)/t9-/m1/s1. The van der Waals surface area contributed by atoms with Crippen LogP contribution in [0.4, 0.5) is 11.4 Å². The van der Waals surface area contributed by atoms with E-state index in [1.807, 2.05) is 0 Å². The number of aliphatic hydroxyl groups is 1. The molecule has 114 valence electrons. The van der Waals surface area contributed by atoms with E-state index in [0.717, 1.165) is 0 Å². The number of hydrogen-bond donors (Lipinski definition) is 3. The number of benzene rings is 1. The van der Waals surface area contributed by atoms with Crippen LogP contribution in [-0.2, 0) is 9.59 Å². The van der Waals surface area contributed by atoms with E-state index in [-0.39, 0.29) is 18.0 Å². The largest absolute Gasteiger partial charge is 0.394 e. The van der Waals surface area contributed by atoms with Gasteiger partial charge in [-0.2, -0.15) is 0 Å². The molecule has 1 atom stereocenters. The number of carbonyl (C=O) groups excluding carboxylic acids is 2. The highest BCUT2D eigenvalue weighted by molar-refractivity contribution is 6.39. The van der Waals surface area contributed by atoms with Gasteiger partial charge >= 0.3 is 11.8 Å². The fourth-order valence-electron chi connectivity index (χ4n) is 1.57. The van der Waals surface area contributed by atoms with Crippen LogP contribution >= 0.6 is 0 Å². The topological polar surface area (TPSA) is 122 Å². The van der Waals surface area contributed by atoms with Gasteiger partial charge in [0.25, 0.3) is 5.69 Å². The fraction of sp³-hybridized carbons (Fsp3) is 0.385. The van der Waals surface area contributed by atoms with Crippen molar-refractivity contribution in [2.75, 3.05) is 11.9 Å². The third kappa shape index (κ3) is 4.53. The quantitative estimate of drug-likeness (QED) is 0.420. The normalized spacial score (nSPS) is 11.6. The molecule has 21 heavy (non-hydrogen) atoms. The minimum atomic E-state index is -0.939. The minimum Gasteiger partial charge on any atom is -0.394 e. The molecular weight excluding hydrogens is 278 g/mol. The Bertz CT molecular complexity index is 555. The lowest BCUT2D eigenvalue weighted by Gasteiger charge is -2.14. The number of anilines is 1. The summed E-state index contributed by atoms with van der Waals surface area (Å²) in [6, 6.07) is 3.47. The molecule has 8 heteroatoms. The predicted molar refractivity (Wildman–Crippen MR) is 75.8 cm³/mol. The van der Waals surface area contributed by atoms with E-state index < -0.39 is 22.8 Å². The van der Waals surface area contributed by atoms with Crippen molar-refractivity contribution in [3.05, 3.63) is 33.9 Å². The summed E-state index contributed by atoms with van der Waals surface area (Å²) in [5.41, 5.74) is 0.607. The van der Waals surface area contributed by atoms with Crippen molar-refractivity contribution in [2.45, 2.75) is 26.3 Å². The van der Waals surface area contributed by atoms with E-state index >= 15 is 0 Å². The van der Waals surface area contributed by atoms with Crippen LogP contribution in [0.5, 0.6) is 0 Å². The summed E-state index contributed by atoms with van der Waals surface area (Å²) in [6.45, 7) is 3.13. The lowest BCUT2D eigenvalue weighted by molar-refractivity contribution is -0.384. The first-order valence-corrected chi connectivity index (χ1v) is 6.36. The molecule has 0 aliphatic carbocycles. The van der Waals surface area contributed by atoms with Crippen molar-refractivity contribution in [1.29, 1.82) is 0 Å². The molecule has 0 unspecified atom stereocenters. The summed E-state index contributed by atoms with van der Waals surface area (Å²) in [5, 5.41) is 24.3. The Labute approximate surface area is 121 Å². The van der Waals surface area contributed by atoms with Crippen molar-refractivity contribution in [2.24, 2.45) is 0 Å². The summed E-state index contributed by atoms with van der Waals surface area (Å²) in [7, 11) is 0. The van der Waals surface area contributed by atoms with Crippen molar-refractivity contribution < 1.29 is 19.6 Å². The predicted octanol–water partition coefficient (Wildman–Crippen LogP) is 0.729.